The van der Waals surface area contributed by atoms with E-state index in [0.29, 0.717) is 13.0 Å². The van der Waals surface area contributed by atoms with Crippen LogP contribution >= 0.6 is 0 Å². The first-order valence-electron chi connectivity index (χ1n) is 11.2. The first kappa shape index (κ1) is 23.7. The predicted octanol–water partition coefficient (Wildman–Crippen LogP) is 1.88. The smallest absolute Gasteiger partial charge is 0.407 e. The molecule has 1 fully saturated rings. The molecule has 4 N–H and O–H groups in total. The maximum Gasteiger partial charge on any atom is 0.407 e. The fraction of sp³-hybridized carbons (Fsp3) is 0.400. The van der Waals surface area contributed by atoms with Crippen LogP contribution in [0.5, 0.6) is 0 Å². The second-order valence-corrected chi connectivity index (χ2v) is 8.84. The number of aliphatic carboxylic acids is 1. The lowest BCUT2D eigenvalue weighted by molar-refractivity contribution is -0.156. The molecule has 9 nitrogen and oxygen atoms in total. The number of fused-ring (bicyclic) bond motifs is 3. The molecular weight excluding hydrogens is 440 g/mol. The Morgan fingerprint density at radius 2 is 1.68 bits per heavy atom. The monoisotopic (exact) mass is 468 g/mol. The van der Waals surface area contributed by atoms with Crippen LogP contribution in [0.4, 0.5) is 4.79 Å². The van der Waals surface area contributed by atoms with Gasteiger partial charge in [-0.3, -0.25) is 4.79 Å². The van der Waals surface area contributed by atoms with Crippen LogP contribution in [0, 0.1) is 5.92 Å². The average molecular weight is 469 g/mol. The first-order chi connectivity index (χ1) is 16.3. The molecule has 0 bridgehead atoms. The molecule has 4 rings (SSSR count). The molecule has 2 amide bonds. The quantitative estimate of drug-likeness (QED) is 0.465. The van der Waals surface area contributed by atoms with E-state index < -0.39 is 36.2 Å². The van der Waals surface area contributed by atoms with Crippen molar-refractivity contribution in [2.45, 2.75) is 31.0 Å². The summed E-state index contributed by atoms with van der Waals surface area (Å²) in [5.41, 5.74) is 2.45. The summed E-state index contributed by atoms with van der Waals surface area (Å²) in [6.45, 7) is 1.35. The van der Waals surface area contributed by atoms with Gasteiger partial charge in [-0.15, -0.1) is 0 Å². The van der Waals surface area contributed by atoms with Gasteiger partial charge in [0.25, 0.3) is 0 Å². The van der Waals surface area contributed by atoms with Gasteiger partial charge in [-0.1, -0.05) is 48.5 Å². The lowest BCUT2D eigenvalue weighted by Crippen LogP contribution is -2.50. The molecule has 9 heteroatoms. The normalized spacial score (nSPS) is 20.6. The fourth-order valence-electron chi connectivity index (χ4n) is 4.43. The Morgan fingerprint density at radius 3 is 2.29 bits per heavy atom. The third-order valence-electron chi connectivity index (χ3n) is 6.39. The van der Waals surface area contributed by atoms with Crippen LogP contribution in [0.1, 0.15) is 30.4 Å². The van der Waals surface area contributed by atoms with Crippen molar-refractivity contribution in [1.29, 1.82) is 0 Å². The molecule has 3 unspecified atom stereocenters. The molecule has 1 heterocycles. The number of carboxylic acids is 1. The largest absolute Gasteiger partial charge is 0.479 e. The first-order valence-corrected chi connectivity index (χ1v) is 11.2. The molecule has 180 valence electrons. The van der Waals surface area contributed by atoms with Gasteiger partial charge in [-0.05, 0) is 35.6 Å². The van der Waals surface area contributed by atoms with Gasteiger partial charge in [0.15, 0.2) is 5.60 Å². The molecule has 34 heavy (non-hydrogen) atoms. The lowest BCUT2D eigenvalue weighted by Gasteiger charge is -2.22. The second kappa shape index (κ2) is 9.82. The van der Waals surface area contributed by atoms with Gasteiger partial charge >= 0.3 is 12.1 Å². The van der Waals surface area contributed by atoms with E-state index in [1.165, 1.54) is 0 Å². The number of rotatable bonds is 8. The number of carbonyl (C=O) groups is 3. The van der Waals surface area contributed by atoms with E-state index in [2.05, 4.69) is 22.8 Å². The van der Waals surface area contributed by atoms with Gasteiger partial charge in [0.1, 0.15) is 12.7 Å². The molecule has 0 spiro atoms. The van der Waals surface area contributed by atoms with E-state index in [-0.39, 0.29) is 25.0 Å². The minimum atomic E-state index is -2.08. The Balaban J connectivity index is 1.29. The highest BCUT2D eigenvalue weighted by molar-refractivity contribution is 5.83. The van der Waals surface area contributed by atoms with Crippen molar-refractivity contribution in [3.05, 3.63) is 59.7 Å². The van der Waals surface area contributed by atoms with Crippen molar-refractivity contribution < 1.29 is 34.1 Å². The molecule has 1 aliphatic carbocycles. The van der Waals surface area contributed by atoms with Crippen LogP contribution in [0.15, 0.2) is 48.5 Å². The minimum absolute atomic E-state index is 0.0477. The SMILES string of the molecule is CC(O)(CNC(=O)C1OCCC1CNC(=O)OCC1c2ccccc2-c2ccccc21)C(=O)O. The van der Waals surface area contributed by atoms with Gasteiger partial charge in [-0.25, -0.2) is 9.59 Å². The van der Waals surface area contributed by atoms with Crippen LogP contribution in [-0.4, -0.2) is 66.2 Å². The zero-order chi connectivity index (χ0) is 24.3. The summed E-state index contributed by atoms with van der Waals surface area (Å²) < 4.78 is 11.0. The number of alkyl carbamates (subject to hydrolysis) is 1. The van der Waals surface area contributed by atoms with Crippen LogP contribution in [0.2, 0.25) is 0 Å². The van der Waals surface area contributed by atoms with E-state index in [9.17, 15) is 19.5 Å². The summed E-state index contributed by atoms with van der Waals surface area (Å²) >= 11 is 0. The molecule has 2 aliphatic rings. The van der Waals surface area contributed by atoms with Crippen molar-refractivity contribution in [3.63, 3.8) is 0 Å². The van der Waals surface area contributed by atoms with Crippen molar-refractivity contribution in [1.82, 2.24) is 10.6 Å². The number of hydrogen-bond donors (Lipinski definition) is 4. The number of aliphatic hydroxyl groups is 1. The standard InChI is InChI=1S/C25H28N2O7/c1-25(32,23(29)30)14-27-22(28)21-15(10-11-33-21)12-26-24(31)34-13-20-18-8-4-2-6-16(18)17-7-3-5-9-19(17)20/h2-9,15,20-21,32H,10-14H2,1H3,(H,26,31)(H,27,28)(H,29,30). The van der Waals surface area contributed by atoms with E-state index in [0.717, 1.165) is 29.2 Å². The van der Waals surface area contributed by atoms with Crippen LogP contribution in [-0.2, 0) is 19.1 Å². The number of nitrogens with one attached hydrogen (secondary N) is 2. The number of carbonyl (C=O) groups excluding carboxylic acids is 2. The topological polar surface area (TPSA) is 134 Å². The van der Waals surface area contributed by atoms with E-state index in [4.69, 9.17) is 14.6 Å². The number of hydrogen-bond acceptors (Lipinski definition) is 6. The predicted molar refractivity (Wildman–Crippen MR) is 122 cm³/mol. The van der Waals surface area contributed by atoms with E-state index >= 15 is 0 Å². The van der Waals surface area contributed by atoms with Crippen LogP contribution in [0.3, 0.4) is 0 Å². The van der Waals surface area contributed by atoms with Gasteiger partial charge in [0.2, 0.25) is 5.91 Å². The highest BCUT2D eigenvalue weighted by atomic mass is 16.5. The Kier molecular flexibility index (Phi) is 6.85. The van der Waals surface area contributed by atoms with E-state index in [1.807, 2.05) is 36.4 Å². The second-order valence-electron chi connectivity index (χ2n) is 8.84. The molecule has 3 atom stereocenters. The Labute approximate surface area is 197 Å². The summed E-state index contributed by atoms with van der Waals surface area (Å²) in [7, 11) is 0. The number of carboxylic acid groups (broad SMARTS) is 1. The van der Waals surface area contributed by atoms with Gasteiger partial charge < -0.3 is 30.3 Å². The maximum atomic E-state index is 12.4. The van der Waals surface area contributed by atoms with Crippen molar-refractivity contribution >= 4 is 18.0 Å². The highest BCUT2D eigenvalue weighted by Gasteiger charge is 2.37. The van der Waals surface area contributed by atoms with Crippen molar-refractivity contribution in [2.75, 3.05) is 26.3 Å². The summed E-state index contributed by atoms with van der Waals surface area (Å²) in [4.78, 5) is 35.8. The summed E-state index contributed by atoms with van der Waals surface area (Å²) in [5.74, 6) is -2.31. The number of ether oxygens (including phenoxy) is 2. The molecule has 2 aromatic rings. The Hall–Kier alpha value is -3.43. The molecule has 0 aromatic heterocycles. The lowest BCUT2D eigenvalue weighted by atomic mass is 9.98. The Morgan fingerprint density at radius 1 is 1.06 bits per heavy atom. The minimum Gasteiger partial charge on any atom is -0.479 e. The third kappa shape index (κ3) is 4.90. The molecule has 1 saturated heterocycles. The third-order valence-corrected chi connectivity index (χ3v) is 6.39. The molecule has 2 aromatic carbocycles. The zero-order valence-electron chi connectivity index (χ0n) is 18.8. The summed E-state index contributed by atoms with van der Waals surface area (Å²) in [6, 6.07) is 16.1. The van der Waals surface area contributed by atoms with E-state index in [1.54, 1.807) is 0 Å². The molecular formula is C25H28N2O7. The highest BCUT2D eigenvalue weighted by Crippen LogP contribution is 2.44. The molecule has 0 radical (unpaired) electrons. The summed E-state index contributed by atoms with van der Waals surface area (Å²) in [6.07, 6.45) is -0.878. The molecule has 0 saturated carbocycles. The maximum absolute atomic E-state index is 12.4. The fourth-order valence-corrected chi connectivity index (χ4v) is 4.43. The summed E-state index contributed by atoms with van der Waals surface area (Å²) in [5, 5.41) is 23.8. The van der Waals surface area contributed by atoms with Gasteiger partial charge in [-0.2, -0.15) is 0 Å². The van der Waals surface area contributed by atoms with Crippen LogP contribution < -0.4 is 10.6 Å². The number of benzene rings is 2. The molecule has 1 aliphatic heterocycles. The van der Waals surface area contributed by atoms with Gasteiger partial charge in [0, 0.05) is 25.0 Å². The van der Waals surface area contributed by atoms with Crippen LogP contribution in [0.25, 0.3) is 11.1 Å². The zero-order valence-corrected chi connectivity index (χ0v) is 18.8. The van der Waals surface area contributed by atoms with Crippen molar-refractivity contribution in [3.8, 4) is 11.1 Å². The van der Waals surface area contributed by atoms with Crippen molar-refractivity contribution in [2.24, 2.45) is 5.92 Å². The van der Waals surface area contributed by atoms with Gasteiger partial charge in [0.05, 0.1) is 6.54 Å². The number of amides is 2. The average Bonchev–Trinajstić information content (AvgIpc) is 3.42. The Bertz CT molecular complexity index is 1040.